The van der Waals surface area contributed by atoms with Crippen molar-refractivity contribution in [3.05, 3.63) is 64.7 Å². The molecule has 1 atom stereocenters. The molecule has 27 heavy (non-hydrogen) atoms. The normalized spacial score (nSPS) is 25.3. The number of rotatable bonds is 4. The van der Waals surface area contributed by atoms with Gasteiger partial charge in [0.2, 0.25) is 5.91 Å². The van der Waals surface area contributed by atoms with Gasteiger partial charge in [0.25, 0.3) is 0 Å². The van der Waals surface area contributed by atoms with Gasteiger partial charge in [-0.3, -0.25) is 4.79 Å². The molecule has 4 rings (SSSR count). The van der Waals surface area contributed by atoms with Crippen molar-refractivity contribution < 1.29 is 9.90 Å². The van der Waals surface area contributed by atoms with Crippen LogP contribution in [0.1, 0.15) is 54.0 Å². The van der Waals surface area contributed by atoms with E-state index in [9.17, 15) is 9.90 Å². The molecule has 0 saturated heterocycles. The predicted octanol–water partition coefficient (Wildman–Crippen LogP) is 3.76. The van der Waals surface area contributed by atoms with Crippen LogP contribution in [0.3, 0.4) is 0 Å². The standard InChI is InChI=1S/C23H28N2O2/c1-15-11-16(2)13-17(12-15)21(26)14-24-18-7-9-23(10-8-18)19-5-3-4-6-20(19)25-22(23)27/h3-6,11-13,18,21,24,26H,7-10,14H2,1-2H3,(H,25,27). The second-order valence-electron chi connectivity index (χ2n) is 8.20. The molecule has 1 aliphatic carbocycles. The Morgan fingerprint density at radius 3 is 2.52 bits per heavy atom. The molecule has 1 aliphatic heterocycles. The summed E-state index contributed by atoms with van der Waals surface area (Å²) in [5, 5.41) is 17.1. The number of benzene rings is 2. The van der Waals surface area contributed by atoms with E-state index >= 15 is 0 Å². The van der Waals surface area contributed by atoms with E-state index < -0.39 is 6.10 Å². The molecule has 0 radical (unpaired) electrons. The lowest BCUT2D eigenvalue weighted by Crippen LogP contribution is -2.44. The highest BCUT2D eigenvalue weighted by Gasteiger charge is 2.48. The summed E-state index contributed by atoms with van der Waals surface area (Å²) in [6.07, 6.45) is 3.10. The van der Waals surface area contributed by atoms with Gasteiger partial charge in [-0.15, -0.1) is 0 Å². The van der Waals surface area contributed by atoms with Crippen LogP contribution in [0.15, 0.2) is 42.5 Å². The quantitative estimate of drug-likeness (QED) is 0.774. The summed E-state index contributed by atoms with van der Waals surface area (Å²) in [5.41, 5.74) is 5.09. The molecule has 0 bridgehead atoms. The number of fused-ring (bicyclic) bond motifs is 2. The number of hydrogen-bond acceptors (Lipinski definition) is 3. The zero-order valence-corrected chi connectivity index (χ0v) is 16.1. The number of aryl methyl sites for hydroxylation is 2. The molecule has 0 aromatic heterocycles. The summed E-state index contributed by atoms with van der Waals surface area (Å²) in [4.78, 5) is 12.7. The highest BCUT2D eigenvalue weighted by Crippen LogP contribution is 2.47. The molecule has 142 valence electrons. The van der Waals surface area contributed by atoms with E-state index in [2.05, 4.69) is 48.7 Å². The molecule has 1 saturated carbocycles. The van der Waals surface area contributed by atoms with E-state index in [4.69, 9.17) is 0 Å². The molecule has 2 aliphatic rings. The van der Waals surface area contributed by atoms with Gasteiger partial charge in [0.05, 0.1) is 11.5 Å². The van der Waals surface area contributed by atoms with Crippen LogP contribution < -0.4 is 10.6 Å². The summed E-state index contributed by atoms with van der Waals surface area (Å²) in [5.74, 6) is 0.150. The van der Waals surface area contributed by atoms with Gasteiger partial charge in [-0.1, -0.05) is 47.5 Å². The molecule has 4 heteroatoms. The van der Waals surface area contributed by atoms with Crippen LogP contribution in [0.2, 0.25) is 0 Å². The summed E-state index contributed by atoms with van der Waals surface area (Å²) in [6, 6.07) is 14.6. The Balaban J connectivity index is 1.37. The van der Waals surface area contributed by atoms with Gasteiger partial charge in [-0.25, -0.2) is 0 Å². The van der Waals surface area contributed by atoms with E-state index in [-0.39, 0.29) is 11.3 Å². The number of aliphatic hydroxyl groups excluding tert-OH is 1. The van der Waals surface area contributed by atoms with E-state index in [0.29, 0.717) is 12.6 Å². The van der Waals surface area contributed by atoms with Gasteiger partial charge in [0.15, 0.2) is 0 Å². The fourth-order valence-electron chi connectivity index (χ4n) is 4.78. The Labute approximate surface area is 161 Å². The number of amides is 1. The highest BCUT2D eigenvalue weighted by atomic mass is 16.3. The average Bonchev–Trinajstić information content (AvgIpc) is 2.92. The summed E-state index contributed by atoms with van der Waals surface area (Å²) < 4.78 is 0. The third-order valence-electron chi connectivity index (χ3n) is 6.19. The first-order valence-corrected chi connectivity index (χ1v) is 9.88. The topological polar surface area (TPSA) is 61.4 Å². The van der Waals surface area contributed by atoms with Gasteiger partial charge in [0, 0.05) is 18.3 Å². The van der Waals surface area contributed by atoms with Crippen molar-refractivity contribution in [3.63, 3.8) is 0 Å². The molecule has 2 aromatic rings. The van der Waals surface area contributed by atoms with Gasteiger partial charge >= 0.3 is 0 Å². The summed E-state index contributed by atoms with van der Waals surface area (Å²) in [6.45, 7) is 4.66. The average molecular weight is 364 g/mol. The van der Waals surface area contributed by atoms with Crippen molar-refractivity contribution in [2.75, 3.05) is 11.9 Å². The molecule has 1 amide bonds. The number of nitrogens with one attached hydrogen (secondary N) is 2. The first-order valence-electron chi connectivity index (χ1n) is 9.88. The fourth-order valence-corrected chi connectivity index (χ4v) is 4.78. The maximum atomic E-state index is 12.7. The molecule has 2 aromatic carbocycles. The van der Waals surface area contributed by atoms with Crippen LogP contribution in [0.25, 0.3) is 0 Å². The Kier molecular flexibility index (Phi) is 4.79. The number of para-hydroxylation sites is 1. The minimum atomic E-state index is -0.505. The minimum Gasteiger partial charge on any atom is -0.387 e. The third kappa shape index (κ3) is 3.40. The Morgan fingerprint density at radius 2 is 1.81 bits per heavy atom. The number of aliphatic hydroxyl groups is 1. The van der Waals surface area contributed by atoms with Crippen molar-refractivity contribution in [2.45, 2.75) is 57.1 Å². The fraction of sp³-hybridized carbons (Fsp3) is 0.435. The van der Waals surface area contributed by atoms with Crippen molar-refractivity contribution in [1.82, 2.24) is 5.32 Å². The molecular weight excluding hydrogens is 336 g/mol. The first-order chi connectivity index (χ1) is 13.0. The van der Waals surface area contributed by atoms with Crippen molar-refractivity contribution >= 4 is 11.6 Å². The summed E-state index contributed by atoms with van der Waals surface area (Å²) in [7, 11) is 0. The lowest BCUT2D eigenvalue weighted by atomic mass is 9.69. The Bertz CT molecular complexity index is 833. The lowest BCUT2D eigenvalue weighted by Gasteiger charge is -2.36. The second-order valence-corrected chi connectivity index (χ2v) is 8.20. The van der Waals surface area contributed by atoms with Crippen molar-refractivity contribution in [1.29, 1.82) is 0 Å². The number of hydrogen-bond donors (Lipinski definition) is 3. The molecule has 1 heterocycles. The lowest BCUT2D eigenvalue weighted by molar-refractivity contribution is -0.122. The maximum absolute atomic E-state index is 12.7. The minimum absolute atomic E-state index is 0.150. The van der Waals surface area contributed by atoms with Gasteiger partial charge < -0.3 is 15.7 Å². The molecule has 4 nitrogen and oxygen atoms in total. The highest BCUT2D eigenvalue weighted by molar-refractivity contribution is 6.06. The Morgan fingerprint density at radius 1 is 1.15 bits per heavy atom. The second kappa shape index (κ2) is 7.10. The zero-order chi connectivity index (χ0) is 19.0. The van der Waals surface area contributed by atoms with Crippen LogP contribution in [0.5, 0.6) is 0 Å². The number of carbonyl (C=O) groups excluding carboxylic acids is 1. The van der Waals surface area contributed by atoms with Crippen molar-refractivity contribution in [3.8, 4) is 0 Å². The number of carbonyl (C=O) groups is 1. The SMILES string of the molecule is Cc1cc(C)cc(C(O)CNC2CCC3(CC2)C(=O)Nc2ccccc23)c1. The Hall–Kier alpha value is -2.17. The zero-order valence-electron chi connectivity index (χ0n) is 16.1. The van der Waals surface area contributed by atoms with E-state index in [1.165, 1.54) is 11.1 Å². The van der Waals surface area contributed by atoms with E-state index in [0.717, 1.165) is 42.5 Å². The van der Waals surface area contributed by atoms with Crippen LogP contribution in [0, 0.1) is 13.8 Å². The number of anilines is 1. The van der Waals surface area contributed by atoms with E-state index in [1.807, 2.05) is 18.2 Å². The van der Waals surface area contributed by atoms with Crippen LogP contribution in [-0.4, -0.2) is 23.6 Å². The predicted molar refractivity (Wildman–Crippen MR) is 108 cm³/mol. The molecule has 1 fully saturated rings. The maximum Gasteiger partial charge on any atom is 0.235 e. The van der Waals surface area contributed by atoms with E-state index in [1.54, 1.807) is 0 Å². The van der Waals surface area contributed by atoms with Gasteiger partial charge in [0.1, 0.15) is 0 Å². The van der Waals surface area contributed by atoms with Crippen LogP contribution >= 0.6 is 0 Å². The molecular formula is C23H28N2O2. The van der Waals surface area contributed by atoms with Gasteiger partial charge in [-0.2, -0.15) is 0 Å². The molecule has 1 spiro atoms. The monoisotopic (exact) mass is 364 g/mol. The molecule has 1 unspecified atom stereocenters. The smallest absolute Gasteiger partial charge is 0.235 e. The largest absolute Gasteiger partial charge is 0.387 e. The first kappa shape index (κ1) is 18.2. The van der Waals surface area contributed by atoms with Crippen LogP contribution in [0.4, 0.5) is 5.69 Å². The van der Waals surface area contributed by atoms with Crippen LogP contribution in [-0.2, 0) is 10.2 Å². The summed E-state index contributed by atoms with van der Waals surface area (Å²) >= 11 is 0. The third-order valence-corrected chi connectivity index (χ3v) is 6.19. The van der Waals surface area contributed by atoms with Gasteiger partial charge in [-0.05, 0) is 56.7 Å². The van der Waals surface area contributed by atoms with Crippen molar-refractivity contribution in [2.24, 2.45) is 0 Å². The molecule has 3 N–H and O–H groups in total.